The summed E-state index contributed by atoms with van der Waals surface area (Å²) in [6.45, 7) is 3.37. The van der Waals surface area contributed by atoms with Crippen LogP contribution >= 0.6 is 0 Å². The molecule has 0 saturated carbocycles. The van der Waals surface area contributed by atoms with Gasteiger partial charge in [-0.05, 0) is 43.5 Å². The quantitative estimate of drug-likeness (QED) is 0.800. The number of hydrogen-bond acceptors (Lipinski definition) is 4. The fraction of sp³-hybridized carbons (Fsp3) is 0.450. The van der Waals surface area contributed by atoms with Crippen molar-refractivity contribution in [3.8, 4) is 0 Å². The van der Waals surface area contributed by atoms with Crippen LogP contribution in [-0.2, 0) is 23.6 Å². The van der Waals surface area contributed by atoms with E-state index in [1.165, 1.54) is 6.07 Å². The summed E-state index contributed by atoms with van der Waals surface area (Å²) in [6, 6.07) is 9.19. The van der Waals surface area contributed by atoms with Crippen molar-refractivity contribution in [3.05, 3.63) is 47.3 Å². The van der Waals surface area contributed by atoms with Gasteiger partial charge in [-0.25, -0.2) is 13.1 Å². The Morgan fingerprint density at radius 1 is 1.14 bits per heavy atom. The van der Waals surface area contributed by atoms with Crippen LogP contribution in [0, 0.1) is 6.92 Å². The first kappa shape index (κ1) is 20.4. The van der Waals surface area contributed by atoms with Gasteiger partial charge in [-0.3, -0.25) is 4.79 Å². The van der Waals surface area contributed by atoms with E-state index in [4.69, 9.17) is 0 Å². The molecule has 3 rings (SSSR count). The van der Waals surface area contributed by atoms with E-state index in [-0.39, 0.29) is 17.3 Å². The van der Waals surface area contributed by atoms with Crippen molar-refractivity contribution in [2.24, 2.45) is 7.05 Å². The van der Waals surface area contributed by atoms with Crippen molar-refractivity contribution in [1.82, 2.24) is 14.2 Å². The van der Waals surface area contributed by atoms with Gasteiger partial charge in [-0.1, -0.05) is 12.1 Å². The molecule has 7 nitrogen and oxygen atoms in total. The van der Waals surface area contributed by atoms with Gasteiger partial charge in [0.15, 0.2) is 0 Å². The standard InChI is InChI=1S/C20H28N4O3S/c1-15-19(13-18(23(15)4)20(25)24-11-5-6-12-24)28(26,27)21-14-16-7-9-17(10-8-16)22(2)3/h7-10,13,21H,5-6,11-12,14H2,1-4H3. The molecular formula is C20H28N4O3S. The molecule has 1 aliphatic heterocycles. The Labute approximate surface area is 167 Å². The van der Waals surface area contributed by atoms with E-state index in [9.17, 15) is 13.2 Å². The predicted molar refractivity (Wildman–Crippen MR) is 110 cm³/mol. The van der Waals surface area contributed by atoms with Gasteiger partial charge in [-0.2, -0.15) is 0 Å². The lowest BCUT2D eigenvalue weighted by atomic mass is 10.2. The van der Waals surface area contributed by atoms with Gasteiger partial charge >= 0.3 is 0 Å². The molecule has 0 spiro atoms. The summed E-state index contributed by atoms with van der Waals surface area (Å²) in [5.74, 6) is -0.108. The Kier molecular flexibility index (Phi) is 5.81. The zero-order valence-electron chi connectivity index (χ0n) is 16.9. The van der Waals surface area contributed by atoms with Gasteiger partial charge in [0.25, 0.3) is 5.91 Å². The lowest BCUT2D eigenvalue weighted by Crippen LogP contribution is -2.29. The van der Waals surface area contributed by atoms with Crippen molar-refractivity contribution in [2.75, 3.05) is 32.1 Å². The third-order valence-corrected chi connectivity index (χ3v) is 6.83. The SMILES string of the molecule is Cc1c(S(=O)(=O)NCc2ccc(N(C)C)cc2)cc(C(=O)N2CCCC2)n1C. The summed E-state index contributed by atoms with van der Waals surface area (Å²) in [5, 5.41) is 0. The first-order valence-corrected chi connectivity index (χ1v) is 10.9. The number of carbonyl (C=O) groups is 1. The number of hydrogen-bond donors (Lipinski definition) is 1. The number of aromatic nitrogens is 1. The highest BCUT2D eigenvalue weighted by Crippen LogP contribution is 2.22. The molecule has 152 valence electrons. The second kappa shape index (κ2) is 7.97. The molecule has 2 heterocycles. The van der Waals surface area contributed by atoms with Crippen molar-refractivity contribution >= 4 is 21.6 Å². The minimum absolute atomic E-state index is 0.108. The smallest absolute Gasteiger partial charge is 0.270 e. The number of amides is 1. The molecule has 1 aromatic carbocycles. The number of nitrogens with zero attached hydrogens (tertiary/aromatic N) is 3. The first-order chi connectivity index (χ1) is 13.2. The van der Waals surface area contributed by atoms with Gasteiger partial charge in [0, 0.05) is 52.2 Å². The van der Waals surface area contributed by atoms with Crippen LogP contribution in [0.25, 0.3) is 0 Å². The number of rotatable bonds is 6. The van der Waals surface area contributed by atoms with Crippen LogP contribution < -0.4 is 9.62 Å². The lowest BCUT2D eigenvalue weighted by molar-refractivity contribution is 0.0783. The molecule has 0 radical (unpaired) electrons. The fourth-order valence-corrected chi connectivity index (χ4v) is 4.70. The van der Waals surface area contributed by atoms with Crippen molar-refractivity contribution in [3.63, 3.8) is 0 Å². The van der Waals surface area contributed by atoms with Crippen LogP contribution in [0.3, 0.4) is 0 Å². The molecule has 2 aromatic rings. The van der Waals surface area contributed by atoms with Crippen LogP contribution in [0.15, 0.2) is 35.2 Å². The fourth-order valence-electron chi connectivity index (χ4n) is 3.40. The van der Waals surface area contributed by atoms with E-state index in [1.54, 1.807) is 23.4 Å². The van der Waals surface area contributed by atoms with Gasteiger partial charge in [-0.15, -0.1) is 0 Å². The molecule has 28 heavy (non-hydrogen) atoms. The van der Waals surface area contributed by atoms with Gasteiger partial charge in [0.2, 0.25) is 10.0 Å². The first-order valence-electron chi connectivity index (χ1n) is 9.42. The molecular weight excluding hydrogens is 376 g/mol. The minimum atomic E-state index is -3.73. The van der Waals surface area contributed by atoms with Gasteiger partial charge < -0.3 is 14.4 Å². The van der Waals surface area contributed by atoms with Crippen LogP contribution in [0.4, 0.5) is 5.69 Å². The highest BCUT2D eigenvalue weighted by Gasteiger charge is 2.27. The van der Waals surface area contributed by atoms with Crippen LogP contribution in [-0.4, -0.2) is 51.0 Å². The summed E-state index contributed by atoms with van der Waals surface area (Å²) in [6.07, 6.45) is 1.99. The maximum atomic E-state index is 12.9. The second-order valence-electron chi connectivity index (χ2n) is 7.42. The van der Waals surface area contributed by atoms with Crippen LogP contribution in [0.1, 0.15) is 34.6 Å². The van der Waals surface area contributed by atoms with E-state index in [0.29, 0.717) is 11.4 Å². The Hall–Kier alpha value is -2.32. The molecule has 1 N–H and O–H groups in total. The van der Waals surface area contributed by atoms with Gasteiger partial charge in [0.05, 0.1) is 0 Å². The molecule has 1 amide bonds. The Morgan fingerprint density at radius 3 is 2.32 bits per heavy atom. The molecule has 1 fully saturated rings. The number of nitrogens with one attached hydrogen (secondary N) is 1. The normalized spacial score (nSPS) is 14.5. The maximum Gasteiger partial charge on any atom is 0.270 e. The van der Waals surface area contributed by atoms with E-state index < -0.39 is 10.0 Å². The Balaban J connectivity index is 1.77. The van der Waals surface area contributed by atoms with E-state index in [0.717, 1.165) is 37.2 Å². The van der Waals surface area contributed by atoms with Crippen molar-refractivity contribution in [2.45, 2.75) is 31.2 Å². The zero-order valence-corrected chi connectivity index (χ0v) is 17.7. The zero-order chi connectivity index (χ0) is 20.5. The number of benzene rings is 1. The average molecular weight is 405 g/mol. The molecule has 0 aliphatic carbocycles. The Morgan fingerprint density at radius 2 is 1.75 bits per heavy atom. The molecule has 1 aromatic heterocycles. The molecule has 8 heteroatoms. The number of carbonyl (C=O) groups excluding carboxylic acids is 1. The summed E-state index contributed by atoms with van der Waals surface area (Å²) >= 11 is 0. The summed E-state index contributed by atoms with van der Waals surface area (Å²) in [4.78, 5) is 16.6. The Bertz CT molecular complexity index is 956. The highest BCUT2D eigenvalue weighted by molar-refractivity contribution is 7.89. The largest absolute Gasteiger partial charge is 0.378 e. The van der Waals surface area contributed by atoms with E-state index >= 15 is 0 Å². The summed E-state index contributed by atoms with van der Waals surface area (Å²) in [7, 11) is 1.92. The van der Waals surface area contributed by atoms with Gasteiger partial charge in [0.1, 0.15) is 10.6 Å². The third-order valence-electron chi connectivity index (χ3n) is 5.31. The number of sulfonamides is 1. The van der Waals surface area contributed by atoms with Crippen LogP contribution in [0.5, 0.6) is 0 Å². The monoisotopic (exact) mass is 404 g/mol. The lowest BCUT2D eigenvalue weighted by Gasteiger charge is -2.15. The van der Waals surface area contributed by atoms with Crippen molar-refractivity contribution in [1.29, 1.82) is 0 Å². The number of anilines is 1. The molecule has 0 atom stereocenters. The van der Waals surface area contributed by atoms with E-state index in [2.05, 4.69) is 4.72 Å². The number of likely N-dealkylation sites (tertiary alicyclic amines) is 1. The summed E-state index contributed by atoms with van der Waals surface area (Å²) < 4.78 is 30.0. The second-order valence-corrected chi connectivity index (χ2v) is 9.16. The predicted octanol–water partition coefficient (Wildman–Crippen LogP) is 2.11. The topological polar surface area (TPSA) is 74.7 Å². The van der Waals surface area contributed by atoms with Crippen molar-refractivity contribution < 1.29 is 13.2 Å². The maximum absolute atomic E-state index is 12.9. The molecule has 0 bridgehead atoms. The third kappa shape index (κ3) is 4.07. The van der Waals surface area contributed by atoms with Crippen LogP contribution in [0.2, 0.25) is 0 Å². The summed E-state index contributed by atoms with van der Waals surface area (Å²) in [5.41, 5.74) is 2.89. The molecule has 0 unspecified atom stereocenters. The average Bonchev–Trinajstić information content (AvgIpc) is 3.30. The van der Waals surface area contributed by atoms with E-state index in [1.807, 2.05) is 43.3 Å². The molecule has 1 saturated heterocycles. The highest BCUT2D eigenvalue weighted by atomic mass is 32.2. The minimum Gasteiger partial charge on any atom is -0.378 e. The molecule has 1 aliphatic rings.